The van der Waals surface area contributed by atoms with Crippen molar-refractivity contribution in [2.45, 2.75) is 77.2 Å². The Morgan fingerprint density at radius 1 is 1.25 bits per heavy atom. The Morgan fingerprint density at radius 2 is 2.08 bits per heavy atom. The standard InChI is InChI=1S/C22H32O2/c1-3-4-5-15-13-20-19-8-6-14-12-16(23)7-9-17(14)18(19)10-11-22(20,2)21(15)24/h7,9,12,15,18-21,23-24H,3-6,8,10-11,13H2,1-2H3/t15?,18-,19-,20+,21-,22+/m1/s1. The Balaban J connectivity index is 1.61. The summed E-state index contributed by atoms with van der Waals surface area (Å²) in [6.45, 7) is 4.62. The fourth-order valence-electron chi connectivity index (χ4n) is 6.46. The molecule has 0 amide bonds. The summed E-state index contributed by atoms with van der Waals surface area (Å²) in [4.78, 5) is 0. The van der Waals surface area contributed by atoms with Gasteiger partial charge in [-0.2, -0.15) is 0 Å². The van der Waals surface area contributed by atoms with Crippen molar-refractivity contribution in [2.24, 2.45) is 23.2 Å². The summed E-state index contributed by atoms with van der Waals surface area (Å²) in [6.07, 6.45) is 9.49. The van der Waals surface area contributed by atoms with Gasteiger partial charge in [-0.05, 0) is 90.9 Å². The van der Waals surface area contributed by atoms with Crippen molar-refractivity contribution in [3.05, 3.63) is 29.3 Å². The van der Waals surface area contributed by atoms with Gasteiger partial charge in [0.05, 0.1) is 6.10 Å². The summed E-state index contributed by atoms with van der Waals surface area (Å²) < 4.78 is 0. The minimum Gasteiger partial charge on any atom is -0.508 e. The Bertz CT molecular complexity index is 610. The zero-order valence-electron chi connectivity index (χ0n) is 15.2. The lowest BCUT2D eigenvalue weighted by molar-refractivity contribution is -0.0335. The van der Waals surface area contributed by atoms with Crippen LogP contribution in [0.15, 0.2) is 18.2 Å². The van der Waals surface area contributed by atoms with Crippen molar-refractivity contribution in [3.63, 3.8) is 0 Å². The SMILES string of the molecule is CCCCC1C[C@H]2[C@@H]3CCc4cc(O)ccc4[C@H]3CC[C@]2(C)[C@@H]1O. The molecule has 0 radical (unpaired) electrons. The van der Waals surface area contributed by atoms with E-state index in [0.717, 1.165) is 18.8 Å². The lowest BCUT2D eigenvalue weighted by Crippen LogP contribution is -2.44. The van der Waals surface area contributed by atoms with E-state index < -0.39 is 0 Å². The summed E-state index contributed by atoms with van der Waals surface area (Å²) in [6, 6.07) is 6.01. The number of benzene rings is 1. The molecule has 6 atom stereocenters. The second kappa shape index (κ2) is 6.05. The molecule has 3 aliphatic carbocycles. The van der Waals surface area contributed by atoms with Gasteiger partial charge >= 0.3 is 0 Å². The number of aliphatic hydroxyl groups excluding tert-OH is 1. The minimum atomic E-state index is -0.101. The predicted octanol–water partition coefficient (Wildman–Crippen LogP) is 5.03. The van der Waals surface area contributed by atoms with E-state index >= 15 is 0 Å². The maximum Gasteiger partial charge on any atom is 0.115 e. The van der Waals surface area contributed by atoms with Crippen LogP contribution in [0, 0.1) is 23.2 Å². The van der Waals surface area contributed by atoms with Gasteiger partial charge in [0.2, 0.25) is 0 Å². The molecule has 1 aromatic carbocycles. The van der Waals surface area contributed by atoms with E-state index in [2.05, 4.69) is 19.9 Å². The van der Waals surface area contributed by atoms with Crippen molar-refractivity contribution < 1.29 is 10.2 Å². The summed E-state index contributed by atoms with van der Waals surface area (Å²) in [7, 11) is 0. The molecule has 2 nitrogen and oxygen atoms in total. The fraction of sp³-hybridized carbons (Fsp3) is 0.727. The molecule has 2 heteroatoms. The first kappa shape index (κ1) is 16.4. The molecule has 0 aromatic heterocycles. The number of rotatable bonds is 3. The molecule has 24 heavy (non-hydrogen) atoms. The number of hydrogen-bond donors (Lipinski definition) is 2. The molecule has 0 bridgehead atoms. The summed E-state index contributed by atoms with van der Waals surface area (Å²) in [5, 5.41) is 20.9. The Morgan fingerprint density at radius 3 is 2.88 bits per heavy atom. The molecule has 3 aliphatic rings. The number of phenolic OH excluding ortho intramolecular Hbond substituents is 1. The third kappa shape index (κ3) is 2.41. The molecule has 1 unspecified atom stereocenters. The monoisotopic (exact) mass is 328 g/mol. The topological polar surface area (TPSA) is 40.5 Å². The highest BCUT2D eigenvalue weighted by Gasteiger charge is 2.57. The van der Waals surface area contributed by atoms with E-state index in [4.69, 9.17) is 0 Å². The van der Waals surface area contributed by atoms with Crippen molar-refractivity contribution in [1.29, 1.82) is 0 Å². The van der Waals surface area contributed by atoms with Crippen LogP contribution in [0.4, 0.5) is 0 Å². The van der Waals surface area contributed by atoms with E-state index in [1.165, 1.54) is 49.7 Å². The summed E-state index contributed by atoms with van der Waals surface area (Å²) in [5.41, 5.74) is 2.98. The van der Waals surface area contributed by atoms with E-state index in [9.17, 15) is 10.2 Å². The van der Waals surface area contributed by atoms with Gasteiger partial charge in [0, 0.05) is 0 Å². The van der Waals surface area contributed by atoms with Gasteiger partial charge in [-0.25, -0.2) is 0 Å². The number of aromatic hydroxyl groups is 1. The fourth-order valence-corrected chi connectivity index (χ4v) is 6.46. The second-order valence-electron chi connectivity index (χ2n) is 8.93. The molecule has 2 fully saturated rings. The van der Waals surface area contributed by atoms with Crippen molar-refractivity contribution >= 4 is 0 Å². The molecular formula is C22H32O2. The number of fused-ring (bicyclic) bond motifs is 5. The van der Waals surface area contributed by atoms with Gasteiger partial charge < -0.3 is 10.2 Å². The third-order valence-electron chi connectivity index (χ3n) is 7.76. The van der Waals surface area contributed by atoms with Gasteiger partial charge in [0.15, 0.2) is 0 Å². The molecule has 0 saturated heterocycles. The highest BCUT2D eigenvalue weighted by Crippen LogP contribution is 2.62. The molecule has 2 N–H and O–H groups in total. The minimum absolute atomic E-state index is 0.101. The summed E-state index contributed by atoms with van der Waals surface area (Å²) in [5.74, 6) is 2.96. The van der Waals surface area contributed by atoms with Gasteiger partial charge in [-0.15, -0.1) is 0 Å². The maximum absolute atomic E-state index is 11.1. The van der Waals surface area contributed by atoms with Crippen LogP contribution in [0.3, 0.4) is 0 Å². The summed E-state index contributed by atoms with van der Waals surface area (Å²) >= 11 is 0. The smallest absolute Gasteiger partial charge is 0.115 e. The third-order valence-corrected chi connectivity index (χ3v) is 7.76. The quantitative estimate of drug-likeness (QED) is 0.817. The zero-order valence-corrected chi connectivity index (χ0v) is 15.2. The lowest BCUT2D eigenvalue weighted by atomic mass is 9.55. The number of aryl methyl sites for hydroxylation is 1. The van der Waals surface area contributed by atoms with Crippen molar-refractivity contribution in [2.75, 3.05) is 0 Å². The highest BCUT2D eigenvalue weighted by atomic mass is 16.3. The van der Waals surface area contributed by atoms with Gasteiger partial charge in [-0.1, -0.05) is 32.8 Å². The van der Waals surface area contributed by atoms with Crippen LogP contribution in [0.5, 0.6) is 5.75 Å². The molecule has 4 rings (SSSR count). The first-order valence-electron chi connectivity index (χ1n) is 10.0. The highest BCUT2D eigenvalue weighted by molar-refractivity contribution is 5.40. The van der Waals surface area contributed by atoms with Crippen molar-refractivity contribution in [1.82, 2.24) is 0 Å². The molecule has 1 aromatic rings. The number of unbranched alkanes of at least 4 members (excludes halogenated alkanes) is 1. The van der Waals surface area contributed by atoms with Crippen LogP contribution < -0.4 is 0 Å². The van der Waals surface area contributed by atoms with Crippen LogP contribution in [-0.4, -0.2) is 16.3 Å². The number of aliphatic hydroxyl groups is 1. The zero-order chi connectivity index (χ0) is 16.9. The van der Waals surface area contributed by atoms with E-state index in [-0.39, 0.29) is 11.5 Å². The second-order valence-corrected chi connectivity index (χ2v) is 8.93. The van der Waals surface area contributed by atoms with Crippen LogP contribution >= 0.6 is 0 Å². The maximum atomic E-state index is 11.1. The van der Waals surface area contributed by atoms with E-state index in [1.54, 1.807) is 0 Å². The van der Waals surface area contributed by atoms with E-state index in [1.807, 2.05) is 12.1 Å². The average molecular weight is 328 g/mol. The van der Waals surface area contributed by atoms with Crippen molar-refractivity contribution in [3.8, 4) is 5.75 Å². The molecule has 0 spiro atoms. The normalized spacial score (nSPS) is 40.7. The van der Waals surface area contributed by atoms with Crippen LogP contribution in [0.2, 0.25) is 0 Å². The van der Waals surface area contributed by atoms with Gasteiger partial charge in [0.25, 0.3) is 0 Å². The Kier molecular flexibility index (Phi) is 4.15. The van der Waals surface area contributed by atoms with Gasteiger partial charge in [0.1, 0.15) is 5.75 Å². The number of phenols is 1. The first-order valence-corrected chi connectivity index (χ1v) is 10.0. The predicted molar refractivity (Wildman–Crippen MR) is 97.1 cm³/mol. The molecule has 2 saturated carbocycles. The first-order chi connectivity index (χ1) is 11.5. The van der Waals surface area contributed by atoms with Crippen LogP contribution in [0.25, 0.3) is 0 Å². The Labute approximate surface area is 146 Å². The lowest BCUT2D eigenvalue weighted by Gasteiger charge is -2.50. The average Bonchev–Trinajstić information content (AvgIpc) is 2.84. The molecular weight excluding hydrogens is 296 g/mol. The largest absolute Gasteiger partial charge is 0.508 e. The van der Waals surface area contributed by atoms with E-state index in [0.29, 0.717) is 23.5 Å². The Hall–Kier alpha value is -1.02. The molecule has 132 valence electrons. The molecule has 0 heterocycles. The number of hydrogen-bond acceptors (Lipinski definition) is 2. The van der Waals surface area contributed by atoms with Crippen LogP contribution in [0.1, 0.15) is 75.8 Å². The van der Waals surface area contributed by atoms with Gasteiger partial charge in [-0.3, -0.25) is 0 Å². The molecule has 0 aliphatic heterocycles. The van der Waals surface area contributed by atoms with Crippen LogP contribution in [-0.2, 0) is 6.42 Å².